The van der Waals surface area contributed by atoms with Gasteiger partial charge in [0.05, 0.1) is 12.0 Å². The molecular weight excluding hydrogens is 272 g/mol. The molecule has 1 heterocycles. The van der Waals surface area contributed by atoms with E-state index in [-0.39, 0.29) is 17.2 Å². The van der Waals surface area contributed by atoms with Gasteiger partial charge in [-0.2, -0.15) is 9.57 Å². The zero-order chi connectivity index (χ0) is 14.8. The Labute approximate surface area is 111 Å². The summed E-state index contributed by atoms with van der Waals surface area (Å²) in [5.74, 6) is -2.23. The van der Waals surface area contributed by atoms with Crippen molar-refractivity contribution >= 4 is 16.0 Å². The molecule has 0 aliphatic carbocycles. The van der Waals surface area contributed by atoms with Gasteiger partial charge in [-0.25, -0.2) is 13.2 Å². The van der Waals surface area contributed by atoms with E-state index in [2.05, 4.69) is 0 Å². The SMILES string of the molecule is Cc1oc(C(=O)O)cc1S(=O)(=O)N(C)CC(C)C#N. The first kappa shape index (κ1) is 15.2. The maximum absolute atomic E-state index is 12.2. The van der Waals surface area contributed by atoms with Crippen LogP contribution >= 0.6 is 0 Å². The Morgan fingerprint density at radius 3 is 2.63 bits per heavy atom. The van der Waals surface area contributed by atoms with Gasteiger partial charge >= 0.3 is 5.97 Å². The number of furan rings is 1. The summed E-state index contributed by atoms with van der Waals surface area (Å²) in [5, 5.41) is 17.4. The Kier molecular flexibility index (Phi) is 4.34. The summed E-state index contributed by atoms with van der Waals surface area (Å²) >= 11 is 0. The fourth-order valence-corrected chi connectivity index (χ4v) is 2.94. The van der Waals surface area contributed by atoms with Gasteiger partial charge < -0.3 is 9.52 Å². The fraction of sp³-hybridized carbons (Fsp3) is 0.455. The van der Waals surface area contributed by atoms with Crippen molar-refractivity contribution in [3.63, 3.8) is 0 Å². The Hall–Kier alpha value is -1.85. The van der Waals surface area contributed by atoms with E-state index in [1.54, 1.807) is 6.92 Å². The number of carboxylic acids is 1. The number of aromatic carboxylic acids is 1. The van der Waals surface area contributed by atoms with Gasteiger partial charge in [-0.05, 0) is 13.8 Å². The lowest BCUT2D eigenvalue weighted by atomic mass is 10.2. The number of nitriles is 1. The molecule has 0 spiro atoms. The van der Waals surface area contributed by atoms with Crippen molar-refractivity contribution in [2.75, 3.05) is 13.6 Å². The van der Waals surface area contributed by atoms with Crippen molar-refractivity contribution < 1.29 is 22.7 Å². The number of aryl methyl sites for hydroxylation is 1. The molecule has 0 amide bonds. The molecule has 0 bridgehead atoms. The Morgan fingerprint density at radius 1 is 1.63 bits per heavy atom. The van der Waals surface area contributed by atoms with Crippen LogP contribution in [0.2, 0.25) is 0 Å². The highest BCUT2D eigenvalue weighted by molar-refractivity contribution is 7.89. The first-order chi connectivity index (χ1) is 8.70. The highest BCUT2D eigenvalue weighted by atomic mass is 32.2. The van der Waals surface area contributed by atoms with E-state index in [4.69, 9.17) is 14.8 Å². The van der Waals surface area contributed by atoms with Crippen LogP contribution < -0.4 is 0 Å². The largest absolute Gasteiger partial charge is 0.475 e. The van der Waals surface area contributed by atoms with Gasteiger partial charge in [-0.15, -0.1) is 0 Å². The summed E-state index contributed by atoms with van der Waals surface area (Å²) in [7, 11) is -2.53. The molecule has 104 valence electrons. The van der Waals surface area contributed by atoms with Crippen LogP contribution in [0.5, 0.6) is 0 Å². The normalized spacial score (nSPS) is 13.2. The van der Waals surface area contributed by atoms with Crippen LogP contribution in [-0.4, -0.2) is 37.4 Å². The van der Waals surface area contributed by atoms with Crippen molar-refractivity contribution in [1.29, 1.82) is 5.26 Å². The maximum atomic E-state index is 12.2. The maximum Gasteiger partial charge on any atom is 0.371 e. The Balaban J connectivity index is 3.14. The molecule has 0 saturated carbocycles. The highest BCUT2D eigenvalue weighted by Gasteiger charge is 2.28. The molecule has 0 fully saturated rings. The van der Waals surface area contributed by atoms with Crippen molar-refractivity contribution in [3.8, 4) is 6.07 Å². The first-order valence-electron chi connectivity index (χ1n) is 5.39. The van der Waals surface area contributed by atoms with E-state index in [1.807, 2.05) is 6.07 Å². The Morgan fingerprint density at radius 2 is 2.21 bits per heavy atom. The molecule has 0 aromatic carbocycles. The van der Waals surface area contributed by atoms with Crippen LogP contribution in [0, 0.1) is 24.2 Å². The molecule has 1 N–H and O–H groups in total. The predicted molar refractivity (Wildman–Crippen MR) is 65.0 cm³/mol. The van der Waals surface area contributed by atoms with Crippen LogP contribution in [0.4, 0.5) is 0 Å². The molecule has 7 nitrogen and oxygen atoms in total. The number of hydrogen-bond donors (Lipinski definition) is 1. The van der Waals surface area contributed by atoms with E-state index >= 15 is 0 Å². The third-order valence-corrected chi connectivity index (χ3v) is 4.45. The van der Waals surface area contributed by atoms with E-state index in [0.717, 1.165) is 10.4 Å². The quantitative estimate of drug-likeness (QED) is 0.866. The second-order valence-electron chi connectivity index (χ2n) is 4.15. The van der Waals surface area contributed by atoms with Crippen LogP contribution in [0.1, 0.15) is 23.2 Å². The van der Waals surface area contributed by atoms with Gasteiger partial charge in [-0.1, -0.05) is 0 Å². The molecule has 0 saturated heterocycles. The molecule has 1 atom stereocenters. The summed E-state index contributed by atoms with van der Waals surface area (Å²) in [6.45, 7) is 2.99. The molecule has 8 heteroatoms. The van der Waals surface area contributed by atoms with Gasteiger partial charge in [0, 0.05) is 19.7 Å². The minimum Gasteiger partial charge on any atom is -0.475 e. The first-order valence-corrected chi connectivity index (χ1v) is 6.83. The molecular formula is C11H14N2O5S. The molecule has 0 aliphatic rings. The molecule has 0 aliphatic heterocycles. The number of nitrogens with zero attached hydrogens (tertiary/aromatic N) is 2. The van der Waals surface area contributed by atoms with E-state index in [9.17, 15) is 13.2 Å². The number of rotatable bonds is 5. The minimum absolute atomic E-state index is 0.00820. The highest BCUT2D eigenvalue weighted by Crippen LogP contribution is 2.23. The average molecular weight is 286 g/mol. The zero-order valence-corrected chi connectivity index (χ0v) is 11.6. The molecule has 1 aromatic heterocycles. The average Bonchev–Trinajstić information content (AvgIpc) is 2.71. The van der Waals surface area contributed by atoms with Crippen LogP contribution in [-0.2, 0) is 10.0 Å². The van der Waals surface area contributed by atoms with E-state index in [1.165, 1.54) is 14.0 Å². The van der Waals surface area contributed by atoms with Crippen molar-refractivity contribution in [1.82, 2.24) is 4.31 Å². The monoisotopic (exact) mass is 286 g/mol. The molecule has 1 aromatic rings. The number of carboxylic acid groups (broad SMARTS) is 1. The van der Waals surface area contributed by atoms with Gasteiger partial charge in [0.2, 0.25) is 15.8 Å². The zero-order valence-electron chi connectivity index (χ0n) is 10.7. The second kappa shape index (κ2) is 5.42. The predicted octanol–water partition coefficient (Wildman–Crippen LogP) is 1.07. The van der Waals surface area contributed by atoms with Crippen LogP contribution in [0.25, 0.3) is 0 Å². The third-order valence-electron chi connectivity index (χ3n) is 2.52. The van der Waals surface area contributed by atoms with E-state index in [0.29, 0.717) is 0 Å². The lowest BCUT2D eigenvalue weighted by molar-refractivity contribution is 0.0661. The minimum atomic E-state index is -3.86. The summed E-state index contributed by atoms with van der Waals surface area (Å²) in [5.41, 5.74) is 0. The molecule has 1 rings (SSSR count). The summed E-state index contributed by atoms with van der Waals surface area (Å²) < 4.78 is 30.3. The lowest BCUT2D eigenvalue weighted by Gasteiger charge is -2.17. The van der Waals surface area contributed by atoms with Crippen LogP contribution in [0.3, 0.4) is 0 Å². The number of carbonyl (C=O) groups is 1. The van der Waals surface area contributed by atoms with Crippen molar-refractivity contribution in [2.24, 2.45) is 5.92 Å². The summed E-state index contributed by atoms with van der Waals surface area (Å²) in [6.07, 6.45) is 0. The second-order valence-corrected chi connectivity index (χ2v) is 6.17. The number of hydrogen-bond acceptors (Lipinski definition) is 5. The summed E-state index contributed by atoms with van der Waals surface area (Å²) in [6, 6.07) is 2.91. The lowest BCUT2D eigenvalue weighted by Crippen LogP contribution is -2.30. The fourth-order valence-electron chi connectivity index (χ4n) is 1.52. The molecule has 19 heavy (non-hydrogen) atoms. The van der Waals surface area contributed by atoms with Gasteiger partial charge in [0.15, 0.2) is 0 Å². The smallest absolute Gasteiger partial charge is 0.371 e. The number of sulfonamides is 1. The van der Waals surface area contributed by atoms with Crippen molar-refractivity contribution in [2.45, 2.75) is 18.7 Å². The third kappa shape index (κ3) is 3.13. The van der Waals surface area contributed by atoms with Crippen molar-refractivity contribution in [3.05, 3.63) is 17.6 Å². The molecule has 0 radical (unpaired) electrons. The van der Waals surface area contributed by atoms with Gasteiger partial charge in [0.1, 0.15) is 10.7 Å². The van der Waals surface area contributed by atoms with Gasteiger partial charge in [-0.3, -0.25) is 0 Å². The topological polar surface area (TPSA) is 112 Å². The van der Waals surface area contributed by atoms with E-state index < -0.39 is 27.7 Å². The van der Waals surface area contributed by atoms with Crippen LogP contribution in [0.15, 0.2) is 15.4 Å². The molecule has 1 unspecified atom stereocenters. The Bertz CT molecular complexity index is 626. The van der Waals surface area contributed by atoms with Gasteiger partial charge in [0.25, 0.3) is 0 Å². The standard InChI is InChI=1S/C11H14N2O5S/c1-7(5-12)6-13(3)19(16,17)10-4-9(11(14)15)18-8(10)2/h4,7H,6H2,1-3H3,(H,14,15). The summed E-state index contributed by atoms with van der Waals surface area (Å²) in [4.78, 5) is 10.5.